The zero-order valence-electron chi connectivity index (χ0n) is 12.2. The summed E-state index contributed by atoms with van der Waals surface area (Å²) in [4.78, 5) is 12.2. The second kappa shape index (κ2) is 6.99. The van der Waals surface area contributed by atoms with Crippen molar-refractivity contribution in [2.75, 3.05) is 5.32 Å². The van der Waals surface area contributed by atoms with Crippen molar-refractivity contribution in [2.45, 2.75) is 51.1 Å². The van der Waals surface area contributed by atoms with Gasteiger partial charge in [0.2, 0.25) is 5.91 Å². The summed E-state index contributed by atoms with van der Waals surface area (Å²) in [7, 11) is 0. The number of anilines is 1. The van der Waals surface area contributed by atoms with Crippen LogP contribution in [0.1, 0.15) is 37.7 Å². The van der Waals surface area contributed by atoms with Crippen LogP contribution in [-0.4, -0.2) is 18.0 Å². The number of nitrogens with one attached hydrogen (secondary N) is 2. The number of benzene rings is 1. The molecule has 2 saturated heterocycles. The van der Waals surface area contributed by atoms with Crippen LogP contribution in [0.25, 0.3) is 0 Å². The summed E-state index contributed by atoms with van der Waals surface area (Å²) >= 11 is 5.98. The number of hydrogen-bond donors (Lipinski definition) is 2. The minimum absolute atomic E-state index is 0. The molecule has 2 aliphatic rings. The first-order chi connectivity index (χ1) is 9.60. The molecule has 0 radical (unpaired) electrons. The first kappa shape index (κ1) is 16.6. The summed E-state index contributed by atoms with van der Waals surface area (Å²) < 4.78 is 0. The van der Waals surface area contributed by atoms with Crippen LogP contribution in [0.3, 0.4) is 0 Å². The van der Waals surface area contributed by atoms with Crippen LogP contribution in [-0.2, 0) is 4.79 Å². The van der Waals surface area contributed by atoms with Gasteiger partial charge in [0.05, 0.1) is 0 Å². The number of carbonyl (C=O) groups excluding carboxylic acids is 1. The van der Waals surface area contributed by atoms with Gasteiger partial charge in [-0.25, -0.2) is 0 Å². The zero-order chi connectivity index (χ0) is 14.1. The van der Waals surface area contributed by atoms with Gasteiger partial charge in [0, 0.05) is 29.2 Å². The summed E-state index contributed by atoms with van der Waals surface area (Å²) in [6, 6.07) is 6.87. The van der Waals surface area contributed by atoms with Gasteiger partial charge in [-0.3, -0.25) is 4.79 Å². The van der Waals surface area contributed by atoms with Crippen LogP contribution in [0, 0.1) is 12.8 Å². The maximum absolute atomic E-state index is 12.2. The highest BCUT2D eigenvalue weighted by molar-refractivity contribution is 6.31. The van der Waals surface area contributed by atoms with Crippen molar-refractivity contribution in [1.82, 2.24) is 5.32 Å². The van der Waals surface area contributed by atoms with E-state index >= 15 is 0 Å². The van der Waals surface area contributed by atoms with E-state index in [9.17, 15) is 4.79 Å². The fourth-order valence-corrected chi connectivity index (χ4v) is 3.71. The molecule has 1 amide bonds. The maximum Gasteiger partial charge on any atom is 0.224 e. The molecule has 2 heterocycles. The van der Waals surface area contributed by atoms with E-state index in [1.54, 1.807) is 0 Å². The number of hydrogen-bond acceptors (Lipinski definition) is 2. The summed E-state index contributed by atoms with van der Waals surface area (Å²) in [5, 5.41) is 7.27. The molecule has 2 unspecified atom stereocenters. The Bertz CT molecular complexity index is 509. The third kappa shape index (κ3) is 4.12. The molecule has 2 fully saturated rings. The summed E-state index contributed by atoms with van der Waals surface area (Å²) in [6.45, 7) is 1.98. The van der Waals surface area contributed by atoms with Crippen LogP contribution in [0.15, 0.2) is 18.2 Å². The second-order valence-electron chi connectivity index (χ2n) is 6.19. The molecule has 21 heavy (non-hydrogen) atoms. The van der Waals surface area contributed by atoms with Crippen LogP contribution >= 0.6 is 24.0 Å². The summed E-state index contributed by atoms with van der Waals surface area (Å²) in [5.41, 5.74) is 1.88. The predicted octanol–water partition coefficient (Wildman–Crippen LogP) is 3.93. The van der Waals surface area contributed by atoms with Crippen molar-refractivity contribution >= 4 is 35.6 Å². The highest BCUT2D eigenvalue weighted by atomic mass is 35.5. The maximum atomic E-state index is 12.2. The van der Waals surface area contributed by atoms with Crippen molar-refractivity contribution in [3.8, 4) is 0 Å². The van der Waals surface area contributed by atoms with E-state index in [1.165, 1.54) is 12.8 Å². The number of aryl methyl sites for hydroxylation is 1. The van der Waals surface area contributed by atoms with Gasteiger partial charge >= 0.3 is 0 Å². The molecular formula is C16H22Cl2N2O. The number of piperidine rings is 1. The Morgan fingerprint density at radius 3 is 2.67 bits per heavy atom. The average molecular weight is 329 g/mol. The number of rotatable bonds is 3. The lowest BCUT2D eigenvalue weighted by Gasteiger charge is -2.28. The van der Waals surface area contributed by atoms with Crippen LogP contribution in [0.5, 0.6) is 0 Å². The molecule has 0 aliphatic carbocycles. The molecule has 116 valence electrons. The van der Waals surface area contributed by atoms with E-state index < -0.39 is 0 Å². The van der Waals surface area contributed by atoms with Crippen molar-refractivity contribution in [3.05, 3.63) is 28.8 Å². The van der Waals surface area contributed by atoms with Crippen molar-refractivity contribution in [2.24, 2.45) is 5.92 Å². The first-order valence-corrected chi connectivity index (χ1v) is 7.80. The number of fused-ring (bicyclic) bond motifs is 2. The fourth-order valence-electron chi connectivity index (χ4n) is 3.53. The molecule has 2 aliphatic heterocycles. The highest BCUT2D eigenvalue weighted by Gasteiger charge is 2.34. The Kier molecular flexibility index (Phi) is 5.53. The Hall–Kier alpha value is -0.770. The highest BCUT2D eigenvalue weighted by Crippen LogP contribution is 2.33. The quantitative estimate of drug-likeness (QED) is 0.882. The van der Waals surface area contributed by atoms with E-state index in [0.29, 0.717) is 29.4 Å². The second-order valence-corrected chi connectivity index (χ2v) is 6.62. The smallest absolute Gasteiger partial charge is 0.224 e. The number of amides is 1. The van der Waals surface area contributed by atoms with Gasteiger partial charge in [-0.1, -0.05) is 17.7 Å². The SMILES string of the molecule is Cc1ccc(Cl)cc1NC(=O)CC1CC2CCC(C1)N2.Cl. The van der Waals surface area contributed by atoms with Gasteiger partial charge in [-0.15, -0.1) is 12.4 Å². The van der Waals surface area contributed by atoms with E-state index in [2.05, 4.69) is 10.6 Å². The Balaban J connectivity index is 0.00000161. The molecule has 0 aromatic heterocycles. The summed E-state index contributed by atoms with van der Waals surface area (Å²) in [6.07, 6.45) is 5.45. The molecule has 2 atom stereocenters. The summed E-state index contributed by atoms with van der Waals surface area (Å²) in [5.74, 6) is 0.634. The third-order valence-electron chi connectivity index (χ3n) is 4.52. The van der Waals surface area contributed by atoms with Crippen LogP contribution < -0.4 is 10.6 Å². The van der Waals surface area contributed by atoms with Gasteiger partial charge in [0.25, 0.3) is 0 Å². The minimum atomic E-state index is 0. The topological polar surface area (TPSA) is 41.1 Å². The molecule has 0 spiro atoms. The lowest BCUT2D eigenvalue weighted by Crippen LogP contribution is -2.39. The average Bonchev–Trinajstić information content (AvgIpc) is 2.73. The van der Waals surface area contributed by atoms with E-state index in [0.717, 1.165) is 24.1 Å². The third-order valence-corrected chi connectivity index (χ3v) is 4.75. The standard InChI is InChI=1S/C16H21ClN2O.ClH/c1-10-2-3-12(17)9-15(10)19-16(20)8-11-6-13-4-5-14(7-11)18-13;/h2-3,9,11,13-14,18H,4-8H2,1H3,(H,19,20);1H. The van der Waals surface area contributed by atoms with E-state index in [-0.39, 0.29) is 18.3 Å². The molecular weight excluding hydrogens is 307 g/mol. The molecule has 5 heteroatoms. The van der Waals surface area contributed by atoms with Gasteiger partial charge in [-0.05, 0) is 56.2 Å². The van der Waals surface area contributed by atoms with Crippen LogP contribution in [0.2, 0.25) is 5.02 Å². The minimum Gasteiger partial charge on any atom is -0.326 e. The molecule has 2 N–H and O–H groups in total. The van der Waals surface area contributed by atoms with E-state index in [1.807, 2.05) is 25.1 Å². The molecule has 2 bridgehead atoms. The fraction of sp³-hybridized carbons (Fsp3) is 0.562. The van der Waals surface area contributed by atoms with E-state index in [4.69, 9.17) is 11.6 Å². The molecule has 1 aromatic rings. The zero-order valence-corrected chi connectivity index (χ0v) is 13.8. The molecule has 1 aromatic carbocycles. The predicted molar refractivity (Wildman–Crippen MR) is 89.4 cm³/mol. The Labute approximate surface area is 137 Å². The largest absolute Gasteiger partial charge is 0.326 e. The lowest BCUT2D eigenvalue weighted by atomic mass is 9.89. The Morgan fingerprint density at radius 2 is 2.00 bits per heavy atom. The van der Waals surface area contributed by atoms with Crippen molar-refractivity contribution < 1.29 is 4.79 Å². The van der Waals surface area contributed by atoms with Crippen molar-refractivity contribution in [1.29, 1.82) is 0 Å². The molecule has 0 saturated carbocycles. The Morgan fingerprint density at radius 1 is 1.33 bits per heavy atom. The van der Waals surface area contributed by atoms with Gasteiger partial charge in [0.1, 0.15) is 0 Å². The van der Waals surface area contributed by atoms with Gasteiger partial charge in [-0.2, -0.15) is 0 Å². The number of carbonyl (C=O) groups is 1. The molecule has 3 nitrogen and oxygen atoms in total. The monoisotopic (exact) mass is 328 g/mol. The normalized spacial score (nSPS) is 27.0. The van der Waals surface area contributed by atoms with Gasteiger partial charge in [0.15, 0.2) is 0 Å². The lowest BCUT2D eigenvalue weighted by molar-refractivity contribution is -0.117. The molecule has 3 rings (SSSR count). The van der Waals surface area contributed by atoms with Gasteiger partial charge < -0.3 is 10.6 Å². The first-order valence-electron chi connectivity index (χ1n) is 7.42. The number of halogens is 2. The van der Waals surface area contributed by atoms with Crippen LogP contribution in [0.4, 0.5) is 5.69 Å². The van der Waals surface area contributed by atoms with Crippen molar-refractivity contribution in [3.63, 3.8) is 0 Å².